The first-order valence-electron chi connectivity index (χ1n) is 14.9. The number of nitrogens with one attached hydrogen (secondary N) is 1. The lowest BCUT2D eigenvalue weighted by Crippen LogP contribution is -2.53. The van der Waals surface area contributed by atoms with E-state index >= 15 is 0 Å². The van der Waals surface area contributed by atoms with E-state index in [1.54, 1.807) is 48.5 Å². The minimum absolute atomic E-state index is 0.0815. The number of sulfonamides is 1. The predicted octanol–water partition coefficient (Wildman–Crippen LogP) is 6.97. The fraction of sp³-hybridized carbons (Fsp3) is 0.257. The smallest absolute Gasteiger partial charge is 0.354 e. The van der Waals surface area contributed by atoms with E-state index < -0.39 is 51.9 Å². The first-order valence-corrected chi connectivity index (χ1v) is 16.7. The number of benzene rings is 4. The van der Waals surface area contributed by atoms with Gasteiger partial charge in [-0.3, -0.25) is 13.9 Å². The number of hydrogen-bond donors (Lipinski definition) is 1. The van der Waals surface area contributed by atoms with Gasteiger partial charge in [-0.2, -0.15) is 13.2 Å². The second-order valence-electron chi connectivity index (χ2n) is 11.3. The number of amides is 2. The third-order valence-corrected chi connectivity index (χ3v) is 9.40. The number of nitrogens with zero attached hydrogens (tertiary/aromatic N) is 2. The Labute approximate surface area is 278 Å². The minimum Gasteiger partial charge on any atom is -0.354 e. The molecule has 0 aliphatic heterocycles. The van der Waals surface area contributed by atoms with Gasteiger partial charge in [-0.1, -0.05) is 104 Å². The molecule has 0 saturated heterocycles. The van der Waals surface area contributed by atoms with Crippen LogP contribution in [0.1, 0.15) is 30.5 Å². The Morgan fingerprint density at radius 1 is 0.830 bits per heavy atom. The van der Waals surface area contributed by atoms with E-state index in [0.29, 0.717) is 22.5 Å². The summed E-state index contributed by atoms with van der Waals surface area (Å²) in [6.45, 7) is 3.15. The maximum absolute atomic E-state index is 14.5. The highest BCUT2D eigenvalue weighted by Crippen LogP contribution is 2.37. The molecule has 0 bridgehead atoms. The summed E-state index contributed by atoms with van der Waals surface area (Å²) in [5, 5.41) is 2.58. The first-order chi connectivity index (χ1) is 22.3. The molecule has 12 heteroatoms. The molecule has 0 spiro atoms. The second kappa shape index (κ2) is 15.5. The first kappa shape index (κ1) is 35.5. The third-order valence-electron chi connectivity index (χ3n) is 7.30. The van der Waals surface area contributed by atoms with Crippen LogP contribution in [0.4, 0.5) is 18.9 Å². The van der Waals surface area contributed by atoms with Gasteiger partial charge in [0.15, 0.2) is 0 Å². The average Bonchev–Trinajstić information content (AvgIpc) is 3.05. The monoisotopic (exact) mass is 685 g/mol. The molecule has 4 aromatic carbocycles. The lowest BCUT2D eigenvalue weighted by Gasteiger charge is -2.34. The number of carbonyl (C=O) groups excluding carboxylic acids is 2. The Kier molecular flexibility index (Phi) is 11.7. The quantitative estimate of drug-likeness (QED) is 0.165. The number of rotatable bonds is 13. The zero-order chi connectivity index (χ0) is 34.2. The average molecular weight is 686 g/mol. The molecule has 0 aromatic heterocycles. The van der Waals surface area contributed by atoms with E-state index in [2.05, 4.69) is 5.32 Å². The zero-order valence-electron chi connectivity index (χ0n) is 25.8. The van der Waals surface area contributed by atoms with Crippen molar-refractivity contribution in [1.82, 2.24) is 10.2 Å². The van der Waals surface area contributed by atoms with Gasteiger partial charge in [0.1, 0.15) is 12.6 Å². The van der Waals surface area contributed by atoms with Crippen LogP contribution in [-0.2, 0) is 38.8 Å². The highest BCUT2D eigenvalue weighted by atomic mass is 35.5. The lowest BCUT2D eigenvalue weighted by atomic mass is 10.0. The van der Waals surface area contributed by atoms with Crippen LogP contribution in [0.2, 0.25) is 5.02 Å². The minimum atomic E-state index is -4.82. The van der Waals surface area contributed by atoms with E-state index in [1.807, 2.05) is 32.0 Å². The molecular weight excluding hydrogens is 651 g/mol. The van der Waals surface area contributed by atoms with Crippen molar-refractivity contribution >= 4 is 39.1 Å². The van der Waals surface area contributed by atoms with Crippen LogP contribution in [0.25, 0.3) is 0 Å². The number of hydrogen-bond acceptors (Lipinski definition) is 4. The summed E-state index contributed by atoms with van der Waals surface area (Å²) in [4.78, 5) is 29.3. The van der Waals surface area contributed by atoms with Gasteiger partial charge in [-0.15, -0.1) is 0 Å². The Morgan fingerprint density at radius 3 is 1.94 bits per heavy atom. The van der Waals surface area contributed by atoms with Gasteiger partial charge in [-0.05, 0) is 47.4 Å². The number of halogens is 4. The molecule has 0 saturated carbocycles. The van der Waals surface area contributed by atoms with Crippen LogP contribution in [0, 0.1) is 5.92 Å². The molecule has 0 aliphatic carbocycles. The lowest BCUT2D eigenvalue weighted by molar-refractivity contribution is -0.140. The van der Waals surface area contributed by atoms with Crippen molar-refractivity contribution in [3.05, 3.63) is 131 Å². The molecular formula is C35H35ClF3N3O4S. The maximum Gasteiger partial charge on any atom is 0.416 e. The van der Waals surface area contributed by atoms with E-state index in [0.717, 1.165) is 17.7 Å². The maximum atomic E-state index is 14.5. The molecule has 0 radical (unpaired) electrons. The summed E-state index contributed by atoms with van der Waals surface area (Å²) < 4.78 is 70.2. The standard InChI is InChI=1S/C35H35ClF3N3O4S/c1-25(2)22-40-34(44)32(20-26-12-6-3-7-13-26)41(23-27-14-8-4-9-15-27)33(43)24-42(47(45,46)29-16-10-5-11-17-29)31-21-28(35(37,38)39)18-19-30(31)36/h3-19,21,25,32H,20,22-24H2,1-2H3,(H,40,44)/t32-/m0/s1. The van der Waals surface area contributed by atoms with Crippen molar-refractivity contribution in [3.63, 3.8) is 0 Å². The van der Waals surface area contributed by atoms with Crippen molar-refractivity contribution in [2.45, 2.75) is 43.9 Å². The van der Waals surface area contributed by atoms with Crippen LogP contribution in [0.15, 0.2) is 114 Å². The summed E-state index contributed by atoms with van der Waals surface area (Å²) in [5.41, 5.74) is -0.265. The normalized spacial score (nSPS) is 12.4. The van der Waals surface area contributed by atoms with E-state index in [4.69, 9.17) is 11.6 Å². The molecule has 0 unspecified atom stereocenters. The Morgan fingerprint density at radius 2 is 1.38 bits per heavy atom. The van der Waals surface area contributed by atoms with E-state index in [9.17, 15) is 31.2 Å². The molecule has 0 heterocycles. The van der Waals surface area contributed by atoms with E-state index in [1.165, 1.54) is 29.2 Å². The van der Waals surface area contributed by atoms with Gasteiger partial charge in [0, 0.05) is 19.5 Å². The topological polar surface area (TPSA) is 86.8 Å². The second-order valence-corrected chi connectivity index (χ2v) is 13.6. The van der Waals surface area contributed by atoms with Crippen molar-refractivity contribution in [1.29, 1.82) is 0 Å². The van der Waals surface area contributed by atoms with Crippen molar-refractivity contribution in [2.24, 2.45) is 5.92 Å². The molecule has 248 valence electrons. The van der Waals surface area contributed by atoms with Crippen molar-refractivity contribution in [3.8, 4) is 0 Å². The Bertz CT molecular complexity index is 1760. The number of anilines is 1. The SMILES string of the molecule is CC(C)CNC(=O)[C@H](Cc1ccccc1)N(Cc1ccccc1)C(=O)CN(c1cc(C(F)(F)F)ccc1Cl)S(=O)(=O)c1ccccc1. The Balaban J connectivity index is 1.85. The highest BCUT2D eigenvalue weighted by Gasteiger charge is 2.37. The number of alkyl halides is 3. The number of carbonyl (C=O) groups is 2. The highest BCUT2D eigenvalue weighted by molar-refractivity contribution is 7.92. The summed E-state index contributed by atoms with van der Waals surface area (Å²) in [5.74, 6) is -1.17. The van der Waals surface area contributed by atoms with Gasteiger partial charge in [0.25, 0.3) is 10.0 Å². The van der Waals surface area contributed by atoms with Gasteiger partial charge in [-0.25, -0.2) is 8.42 Å². The van der Waals surface area contributed by atoms with Crippen molar-refractivity contribution in [2.75, 3.05) is 17.4 Å². The molecule has 4 rings (SSSR count). The largest absolute Gasteiger partial charge is 0.416 e. The van der Waals surface area contributed by atoms with Crippen LogP contribution in [0.3, 0.4) is 0 Å². The van der Waals surface area contributed by atoms with E-state index in [-0.39, 0.29) is 28.8 Å². The van der Waals surface area contributed by atoms with Crippen LogP contribution >= 0.6 is 11.6 Å². The molecule has 0 fully saturated rings. The molecule has 47 heavy (non-hydrogen) atoms. The third kappa shape index (κ3) is 9.36. The van der Waals surface area contributed by atoms with Crippen molar-refractivity contribution < 1.29 is 31.2 Å². The van der Waals surface area contributed by atoms with Gasteiger partial charge >= 0.3 is 6.18 Å². The van der Waals surface area contributed by atoms with Gasteiger partial charge in [0.2, 0.25) is 11.8 Å². The molecule has 1 atom stereocenters. The van der Waals surface area contributed by atoms with Crippen LogP contribution in [0.5, 0.6) is 0 Å². The molecule has 2 amide bonds. The molecule has 4 aromatic rings. The summed E-state index contributed by atoms with van der Waals surface area (Å²) in [6, 6.07) is 26.1. The predicted molar refractivity (Wildman–Crippen MR) is 176 cm³/mol. The Hall–Kier alpha value is -4.35. The molecule has 1 N–H and O–H groups in total. The fourth-order valence-corrected chi connectivity index (χ4v) is 6.59. The fourth-order valence-electron chi connectivity index (χ4n) is 4.87. The van der Waals surface area contributed by atoms with Crippen LogP contribution < -0.4 is 9.62 Å². The van der Waals surface area contributed by atoms with Gasteiger partial charge < -0.3 is 10.2 Å². The van der Waals surface area contributed by atoms with Crippen LogP contribution in [-0.4, -0.2) is 44.3 Å². The molecule has 0 aliphatic rings. The van der Waals surface area contributed by atoms with Gasteiger partial charge in [0.05, 0.1) is 21.2 Å². The molecule has 7 nitrogen and oxygen atoms in total. The summed E-state index contributed by atoms with van der Waals surface area (Å²) in [7, 11) is -4.63. The zero-order valence-corrected chi connectivity index (χ0v) is 27.4. The summed E-state index contributed by atoms with van der Waals surface area (Å²) in [6.07, 6.45) is -4.72. The summed E-state index contributed by atoms with van der Waals surface area (Å²) >= 11 is 6.36.